The van der Waals surface area contributed by atoms with Crippen molar-refractivity contribution in [3.8, 4) is 0 Å². The molecule has 0 aliphatic rings. The van der Waals surface area contributed by atoms with Gasteiger partial charge in [0.1, 0.15) is 5.58 Å². The van der Waals surface area contributed by atoms with Crippen LogP contribution in [-0.2, 0) is 4.79 Å². The van der Waals surface area contributed by atoms with Crippen LogP contribution in [0.5, 0.6) is 0 Å². The lowest BCUT2D eigenvalue weighted by Gasteiger charge is -2.28. The highest BCUT2D eigenvalue weighted by atomic mass is 16.4. The van der Waals surface area contributed by atoms with Crippen LogP contribution in [0, 0.1) is 5.92 Å². The van der Waals surface area contributed by atoms with Gasteiger partial charge in [0.15, 0.2) is 0 Å². The van der Waals surface area contributed by atoms with Gasteiger partial charge < -0.3 is 14.4 Å². The van der Waals surface area contributed by atoms with Crippen molar-refractivity contribution in [3.05, 3.63) is 36.1 Å². The minimum Gasteiger partial charge on any atom is -0.481 e. The van der Waals surface area contributed by atoms with Gasteiger partial charge in [0, 0.05) is 23.4 Å². The second-order valence-corrected chi connectivity index (χ2v) is 5.17. The maximum Gasteiger partial charge on any atom is 0.303 e. The van der Waals surface area contributed by atoms with Gasteiger partial charge in [-0.15, -0.1) is 0 Å². The van der Waals surface area contributed by atoms with Crippen LogP contribution in [0.2, 0.25) is 0 Å². The van der Waals surface area contributed by atoms with Crippen LogP contribution in [0.1, 0.15) is 24.9 Å². The number of hydrogen-bond donors (Lipinski definition) is 1. The van der Waals surface area contributed by atoms with Gasteiger partial charge >= 0.3 is 5.97 Å². The Kier molecular flexibility index (Phi) is 3.90. The Hall–Kier alpha value is -1.81. The van der Waals surface area contributed by atoms with Crippen molar-refractivity contribution in [2.45, 2.75) is 19.4 Å². The van der Waals surface area contributed by atoms with Crippen molar-refractivity contribution in [3.63, 3.8) is 0 Å². The summed E-state index contributed by atoms with van der Waals surface area (Å²) < 4.78 is 5.56. The monoisotopic (exact) mass is 261 g/mol. The van der Waals surface area contributed by atoms with Gasteiger partial charge in [0.05, 0.1) is 6.26 Å². The fourth-order valence-electron chi connectivity index (χ4n) is 2.71. The molecule has 0 bridgehead atoms. The Morgan fingerprint density at radius 1 is 1.37 bits per heavy atom. The van der Waals surface area contributed by atoms with E-state index in [2.05, 4.69) is 0 Å². The van der Waals surface area contributed by atoms with Gasteiger partial charge in [-0.1, -0.05) is 25.1 Å². The highest BCUT2D eigenvalue weighted by molar-refractivity contribution is 5.81. The van der Waals surface area contributed by atoms with E-state index in [0.29, 0.717) is 0 Å². The van der Waals surface area contributed by atoms with E-state index in [1.54, 1.807) is 6.26 Å². The smallest absolute Gasteiger partial charge is 0.303 e. The van der Waals surface area contributed by atoms with E-state index in [1.807, 2.05) is 50.2 Å². The van der Waals surface area contributed by atoms with E-state index in [0.717, 1.165) is 16.5 Å². The molecule has 102 valence electrons. The predicted molar refractivity (Wildman–Crippen MR) is 74.1 cm³/mol. The SMILES string of the molecule is CC(CC(=O)O)C(c1coc2ccccc12)N(C)C. The topological polar surface area (TPSA) is 53.7 Å². The van der Waals surface area contributed by atoms with E-state index < -0.39 is 5.97 Å². The first-order valence-electron chi connectivity index (χ1n) is 6.35. The molecule has 2 unspecified atom stereocenters. The average molecular weight is 261 g/mol. The molecule has 1 heterocycles. The number of carboxylic acids is 1. The summed E-state index contributed by atoms with van der Waals surface area (Å²) in [5.41, 5.74) is 1.89. The van der Waals surface area contributed by atoms with Crippen molar-refractivity contribution < 1.29 is 14.3 Å². The zero-order valence-electron chi connectivity index (χ0n) is 11.5. The molecule has 0 saturated heterocycles. The summed E-state index contributed by atoms with van der Waals surface area (Å²) in [6.07, 6.45) is 1.88. The summed E-state index contributed by atoms with van der Waals surface area (Å²) in [4.78, 5) is 13.0. The molecule has 19 heavy (non-hydrogen) atoms. The summed E-state index contributed by atoms with van der Waals surface area (Å²) in [6, 6.07) is 7.86. The van der Waals surface area contributed by atoms with Crippen LogP contribution in [-0.4, -0.2) is 30.1 Å². The standard InChI is InChI=1S/C15H19NO3/c1-10(8-14(17)18)15(16(2)3)12-9-19-13-7-5-4-6-11(12)13/h4-7,9-10,15H,8H2,1-3H3,(H,17,18). The lowest BCUT2D eigenvalue weighted by Crippen LogP contribution is -2.27. The Labute approximate surface area is 112 Å². The Balaban J connectivity index is 2.41. The largest absolute Gasteiger partial charge is 0.481 e. The molecule has 0 saturated carbocycles. The van der Waals surface area contributed by atoms with Crippen molar-refractivity contribution in [1.82, 2.24) is 4.90 Å². The molecule has 2 rings (SSSR count). The first-order chi connectivity index (χ1) is 9.00. The second kappa shape index (κ2) is 5.45. The fraction of sp³-hybridized carbons (Fsp3) is 0.400. The molecule has 1 N–H and O–H groups in total. The van der Waals surface area contributed by atoms with E-state index in [4.69, 9.17) is 9.52 Å². The summed E-state index contributed by atoms with van der Waals surface area (Å²) in [6.45, 7) is 1.96. The summed E-state index contributed by atoms with van der Waals surface area (Å²) >= 11 is 0. The maximum atomic E-state index is 10.9. The summed E-state index contributed by atoms with van der Waals surface area (Å²) in [5.74, 6) is -0.763. The third-order valence-corrected chi connectivity index (χ3v) is 3.42. The number of carbonyl (C=O) groups is 1. The first kappa shape index (κ1) is 13.6. The number of rotatable bonds is 5. The van der Waals surface area contributed by atoms with Gasteiger partial charge in [0.2, 0.25) is 0 Å². The molecule has 0 amide bonds. The minimum absolute atomic E-state index is 0.00788. The first-order valence-corrected chi connectivity index (χ1v) is 6.35. The second-order valence-electron chi connectivity index (χ2n) is 5.17. The molecule has 0 radical (unpaired) electrons. The van der Waals surface area contributed by atoms with Gasteiger partial charge in [0.25, 0.3) is 0 Å². The molecule has 0 spiro atoms. The molecule has 2 aromatic rings. The molecular weight excluding hydrogens is 242 g/mol. The molecule has 0 fully saturated rings. The molecule has 2 atom stereocenters. The summed E-state index contributed by atoms with van der Waals surface area (Å²) in [5, 5.41) is 10.0. The summed E-state index contributed by atoms with van der Waals surface area (Å²) in [7, 11) is 3.93. The van der Waals surface area contributed by atoms with Crippen LogP contribution in [0.15, 0.2) is 34.9 Å². The quantitative estimate of drug-likeness (QED) is 0.898. The molecule has 0 aliphatic carbocycles. The number of aliphatic carboxylic acids is 1. The Morgan fingerprint density at radius 2 is 2.05 bits per heavy atom. The molecule has 0 aliphatic heterocycles. The number of hydrogen-bond acceptors (Lipinski definition) is 3. The Morgan fingerprint density at radius 3 is 2.68 bits per heavy atom. The number of carboxylic acid groups (broad SMARTS) is 1. The lowest BCUT2D eigenvalue weighted by atomic mass is 9.91. The molecule has 1 aromatic carbocycles. The van der Waals surface area contributed by atoms with Crippen molar-refractivity contribution in [2.24, 2.45) is 5.92 Å². The lowest BCUT2D eigenvalue weighted by molar-refractivity contribution is -0.138. The third kappa shape index (κ3) is 2.79. The normalized spacial score (nSPS) is 14.7. The predicted octanol–water partition coefficient (Wildman–Crippen LogP) is 3.15. The highest BCUT2D eigenvalue weighted by Gasteiger charge is 2.26. The number of para-hydroxylation sites is 1. The highest BCUT2D eigenvalue weighted by Crippen LogP contribution is 2.34. The average Bonchev–Trinajstić information content (AvgIpc) is 2.72. The van der Waals surface area contributed by atoms with Crippen molar-refractivity contribution >= 4 is 16.9 Å². The minimum atomic E-state index is -0.771. The van der Waals surface area contributed by atoms with Crippen molar-refractivity contribution in [1.29, 1.82) is 0 Å². The van der Waals surface area contributed by atoms with Crippen LogP contribution in [0.3, 0.4) is 0 Å². The van der Waals surface area contributed by atoms with E-state index in [9.17, 15) is 4.79 Å². The van der Waals surface area contributed by atoms with Crippen LogP contribution < -0.4 is 0 Å². The van der Waals surface area contributed by atoms with E-state index in [-0.39, 0.29) is 18.4 Å². The number of benzene rings is 1. The number of nitrogens with zero attached hydrogens (tertiary/aromatic N) is 1. The molecule has 4 heteroatoms. The van der Waals surface area contributed by atoms with Crippen LogP contribution >= 0.6 is 0 Å². The maximum absolute atomic E-state index is 10.9. The van der Waals surface area contributed by atoms with Crippen molar-refractivity contribution in [2.75, 3.05) is 14.1 Å². The fourth-order valence-corrected chi connectivity index (χ4v) is 2.71. The van der Waals surface area contributed by atoms with Crippen LogP contribution in [0.4, 0.5) is 0 Å². The van der Waals surface area contributed by atoms with E-state index in [1.165, 1.54) is 0 Å². The van der Waals surface area contributed by atoms with Gasteiger partial charge in [-0.25, -0.2) is 0 Å². The molecule has 4 nitrogen and oxygen atoms in total. The zero-order chi connectivity index (χ0) is 14.0. The molecular formula is C15H19NO3. The van der Waals surface area contributed by atoms with Gasteiger partial charge in [-0.05, 0) is 26.1 Å². The van der Waals surface area contributed by atoms with E-state index >= 15 is 0 Å². The number of furan rings is 1. The Bertz CT molecular complexity index is 574. The van der Waals surface area contributed by atoms with Crippen LogP contribution in [0.25, 0.3) is 11.0 Å². The zero-order valence-corrected chi connectivity index (χ0v) is 11.5. The van der Waals surface area contributed by atoms with Gasteiger partial charge in [-0.2, -0.15) is 0 Å². The van der Waals surface area contributed by atoms with Gasteiger partial charge in [-0.3, -0.25) is 4.79 Å². The number of fused-ring (bicyclic) bond motifs is 1. The third-order valence-electron chi connectivity index (χ3n) is 3.42. The molecule has 1 aromatic heterocycles.